The SMILES string of the molecule is COCC(=O)Nc1cc(C(=O)NCC(C)C)c2c(c1)nc(-c1ccncc1)n2C. The second-order valence-electron chi connectivity index (χ2n) is 7.21. The Morgan fingerprint density at radius 3 is 2.59 bits per heavy atom. The topological polar surface area (TPSA) is 98.1 Å². The summed E-state index contributed by atoms with van der Waals surface area (Å²) in [5, 5.41) is 5.71. The Hall–Kier alpha value is -3.26. The van der Waals surface area contributed by atoms with E-state index in [1.165, 1.54) is 7.11 Å². The van der Waals surface area contributed by atoms with Gasteiger partial charge < -0.3 is 19.9 Å². The minimum Gasteiger partial charge on any atom is -0.375 e. The smallest absolute Gasteiger partial charge is 0.253 e. The third-order valence-corrected chi connectivity index (χ3v) is 4.38. The van der Waals surface area contributed by atoms with Crippen molar-refractivity contribution >= 4 is 28.5 Å². The predicted molar refractivity (Wildman–Crippen MR) is 112 cm³/mol. The summed E-state index contributed by atoms with van der Waals surface area (Å²) in [7, 11) is 3.32. The number of hydrogen-bond donors (Lipinski definition) is 2. The first-order valence-corrected chi connectivity index (χ1v) is 9.38. The lowest BCUT2D eigenvalue weighted by Crippen LogP contribution is -2.28. The average molecular weight is 395 g/mol. The molecule has 8 heteroatoms. The molecule has 8 nitrogen and oxygen atoms in total. The number of fused-ring (bicyclic) bond motifs is 1. The van der Waals surface area contributed by atoms with Crippen LogP contribution in [0.3, 0.4) is 0 Å². The molecule has 0 atom stereocenters. The molecular formula is C21H25N5O3. The predicted octanol–water partition coefficient (Wildman–Crippen LogP) is 2.61. The highest BCUT2D eigenvalue weighted by Crippen LogP contribution is 2.29. The van der Waals surface area contributed by atoms with Crippen LogP contribution in [0.5, 0.6) is 0 Å². The molecule has 2 heterocycles. The van der Waals surface area contributed by atoms with Crippen LogP contribution in [0.2, 0.25) is 0 Å². The van der Waals surface area contributed by atoms with Gasteiger partial charge in [-0.1, -0.05) is 13.8 Å². The van der Waals surface area contributed by atoms with Crippen molar-refractivity contribution in [3.63, 3.8) is 0 Å². The van der Waals surface area contributed by atoms with Gasteiger partial charge in [0.1, 0.15) is 12.4 Å². The Bertz CT molecular complexity index is 1030. The number of hydrogen-bond acceptors (Lipinski definition) is 5. The van der Waals surface area contributed by atoms with E-state index >= 15 is 0 Å². The first-order chi connectivity index (χ1) is 13.9. The van der Waals surface area contributed by atoms with Crippen LogP contribution in [0, 0.1) is 5.92 Å². The van der Waals surface area contributed by atoms with E-state index in [0.29, 0.717) is 40.6 Å². The number of ether oxygens (including phenoxy) is 1. The van der Waals surface area contributed by atoms with Gasteiger partial charge in [-0.3, -0.25) is 14.6 Å². The molecule has 0 aliphatic heterocycles. The van der Waals surface area contributed by atoms with E-state index in [4.69, 9.17) is 9.72 Å². The minimum absolute atomic E-state index is 0.0720. The number of aryl methyl sites for hydroxylation is 1. The average Bonchev–Trinajstić information content (AvgIpc) is 3.03. The fourth-order valence-electron chi connectivity index (χ4n) is 3.08. The van der Waals surface area contributed by atoms with Crippen LogP contribution in [0.15, 0.2) is 36.7 Å². The van der Waals surface area contributed by atoms with Gasteiger partial charge in [-0.2, -0.15) is 0 Å². The van der Waals surface area contributed by atoms with Crippen LogP contribution in [0.1, 0.15) is 24.2 Å². The summed E-state index contributed by atoms with van der Waals surface area (Å²) in [6.45, 7) is 4.54. The van der Waals surface area contributed by atoms with Gasteiger partial charge >= 0.3 is 0 Å². The molecule has 29 heavy (non-hydrogen) atoms. The highest BCUT2D eigenvalue weighted by molar-refractivity contribution is 6.08. The summed E-state index contributed by atoms with van der Waals surface area (Å²) < 4.78 is 6.75. The molecule has 3 rings (SSSR count). The van der Waals surface area contributed by atoms with Gasteiger partial charge in [-0.05, 0) is 30.2 Å². The monoisotopic (exact) mass is 395 g/mol. The third kappa shape index (κ3) is 4.60. The number of carbonyl (C=O) groups excluding carboxylic acids is 2. The van der Waals surface area contributed by atoms with Gasteiger partial charge in [0.15, 0.2) is 0 Å². The number of carbonyl (C=O) groups is 2. The second kappa shape index (κ2) is 8.83. The molecule has 0 aliphatic carbocycles. The van der Waals surface area contributed by atoms with Crippen LogP contribution < -0.4 is 10.6 Å². The van der Waals surface area contributed by atoms with Gasteiger partial charge in [0, 0.05) is 44.3 Å². The van der Waals surface area contributed by atoms with Crippen molar-refractivity contribution in [2.24, 2.45) is 13.0 Å². The number of benzene rings is 1. The number of nitrogens with one attached hydrogen (secondary N) is 2. The van der Waals surface area contributed by atoms with Crippen molar-refractivity contribution in [1.82, 2.24) is 19.9 Å². The van der Waals surface area contributed by atoms with Crippen molar-refractivity contribution in [2.75, 3.05) is 25.6 Å². The molecule has 2 aromatic heterocycles. The van der Waals surface area contributed by atoms with Crippen LogP contribution in [-0.4, -0.2) is 46.6 Å². The maximum absolute atomic E-state index is 12.9. The lowest BCUT2D eigenvalue weighted by atomic mass is 10.1. The maximum atomic E-state index is 12.9. The standard InChI is InChI=1S/C21H25N5O3/c1-13(2)11-23-21(28)16-9-15(24-18(27)12-29-4)10-17-19(16)26(3)20(25-17)14-5-7-22-8-6-14/h5-10,13H,11-12H2,1-4H3,(H,23,28)(H,24,27). The Kier molecular flexibility index (Phi) is 6.23. The molecule has 1 aromatic carbocycles. The second-order valence-corrected chi connectivity index (χ2v) is 7.21. The van der Waals surface area contributed by atoms with Crippen molar-refractivity contribution in [2.45, 2.75) is 13.8 Å². The highest BCUT2D eigenvalue weighted by Gasteiger charge is 2.19. The number of nitrogens with zero attached hydrogens (tertiary/aromatic N) is 3. The van der Waals surface area contributed by atoms with Gasteiger partial charge in [0.25, 0.3) is 5.91 Å². The molecule has 0 radical (unpaired) electrons. The molecule has 0 aliphatic rings. The molecule has 0 bridgehead atoms. The Morgan fingerprint density at radius 2 is 1.93 bits per heavy atom. The summed E-state index contributed by atoms with van der Waals surface area (Å²) in [5.74, 6) is 0.514. The quantitative estimate of drug-likeness (QED) is 0.641. The lowest BCUT2D eigenvalue weighted by molar-refractivity contribution is -0.119. The van der Waals surface area contributed by atoms with Crippen LogP contribution >= 0.6 is 0 Å². The van der Waals surface area contributed by atoms with Crippen LogP contribution in [0.4, 0.5) is 5.69 Å². The van der Waals surface area contributed by atoms with Gasteiger partial charge in [-0.15, -0.1) is 0 Å². The summed E-state index contributed by atoms with van der Waals surface area (Å²) in [6, 6.07) is 7.15. The number of anilines is 1. The zero-order chi connectivity index (χ0) is 21.0. The molecule has 2 amide bonds. The van der Waals surface area contributed by atoms with Crippen LogP contribution in [0.25, 0.3) is 22.4 Å². The van der Waals surface area contributed by atoms with E-state index in [-0.39, 0.29) is 18.4 Å². The summed E-state index contributed by atoms with van der Waals surface area (Å²) in [5.41, 5.74) is 3.14. The number of aromatic nitrogens is 3. The fraction of sp³-hybridized carbons (Fsp3) is 0.333. The van der Waals surface area contributed by atoms with Gasteiger partial charge in [0.2, 0.25) is 5.91 Å². The number of amides is 2. The highest BCUT2D eigenvalue weighted by atomic mass is 16.5. The van der Waals surface area contributed by atoms with E-state index in [9.17, 15) is 9.59 Å². The normalized spacial score (nSPS) is 11.1. The van der Waals surface area contributed by atoms with E-state index in [1.54, 1.807) is 24.5 Å². The van der Waals surface area contributed by atoms with Gasteiger partial charge in [-0.25, -0.2) is 4.98 Å². The zero-order valence-electron chi connectivity index (χ0n) is 17.0. The largest absolute Gasteiger partial charge is 0.375 e. The van der Waals surface area contributed by atoms with E-state index in [2.05, 4.69) is 15.6 Å². The van der Waals surface area contributed by atoms with Crippen molar-refractivity contribution in [3.8, 4) is 11.4 Å². The lowest BCUT2D eigenvalue weighted by Gasteiger charge is -2.12. The molecule has 0 saturated carbocycles. The molecule has 0 unspecified atom stereocenters. The van der Waals surface area contributed by atoms with E-state index in [1.807, 2.05) is 37.6 Å². The number of pyridine rings is 1. The Balaban J connectivity index is 2.11. The molecule has 0 saturated heterocycles. The van der Waals surface area contributed by atoms with Gasteiger partial charge in [0.05, 0.1) is 16.6 Å². The van der Waals surface area contributed by atoms with E-state index in [0.717, 1.165) is 5.56 Å². The molecule has 0 fully saturated rings. The number of methoxy groups -OCH3 is 1. The van der Waals surface area contributed by atoms with E-state index < -0.39 is 0 Å². The molecule has 2 N–H and O–H groups in total. The van der Waals surface area contributed by atoms with Crippen molar-refractivity contribution in [3.05, 3.63) is 42.2 Å². The van der Waals surface area contributed by atoms with Crippen molar-refractivity contribution in [1.29, 1.82) is 0 Å². The molecule has 152 valence electrons. The maximum Gasteiger partial charge on any atom is 0.253 e. The Morgan fingerprint density at radius 1 is 1.21 bits per heavy atom. The summed E-state index contributed by atoms with van der Waals surface area (Å²) in [4.78, 5) is 33.6. The summed E-state index contributed by atoms with van der Waals surface area (Å²) >= 11 is 0. The zero-order valence-corrected chi connectivity index (χ0v) is 17.0. The van der Waals surface area contributed by atoms with Crippen LogP contribution in [-0.2, 0) is 16.6 Å². The molecule has 3 aromatic rings. The third-order valence-electron chi connectivity index (χ3n) is 4.38. The fourth-order valence-corrected chi connectivity index (χ4v) is 3.08. The Labute approximate surface area is 169 Å². The molecular weight excluding hydrogens is 370 g/mol. The molecule has 0 spiro atoms. The summed E-state index contributed by atoms with van der Waals surface area (Å²) in [6.07, 6.45) is 3.39. The number of rotatable bonds is 7. The number of imidazole rings is 1. The first kappa shape index (κ1) is 20.5. The van der Waals surface area contributed by atoms with Crippen molar-refractivity contribution < 1.29 is 14.3 Å². The first-order valence-electron chi connectivity index (χ1n) is 9.38. The minimum atomic E-state index is -0.300.